The molecule has 0 aliphatic carbocycles. The average Bonchev–Trinajstić information content (AvgIpc) is 2.74. The van der Waals surface area contributed by atoms with Gasteiger partial charge in [-0.25, -0.2) is 4.79 Å². The smallest absolute Gasteiger partial charge is 0.338 e. The summed E-state index contributed by atoms with van der Waals surface area (Å²) in [6, 6.07) is 13.0. The molecule has 5 heteroatoms. The van der Waals surface area contributed by atoms with Crippen LogP contribution in [0.15, 0.2) is 49.0 Å². The van der Waals surface area contributed by atoms with Gasteiger partial charge in [-0.1, -0.05) is 30.8 Å². The van der Waals surface area contributed by atoms with Crippen molar-refractivity contribution in [1.82, 2.24) is 0 Å². The Kier molecular flexibility index (Phi) is 6.93. The molecular weight excluding hydrogens is 376 g/mol. The number of amides is 1. The second kappa shape index (κ2) is 9.61. The molecule has 1 unspecified atom stereocenters. The van der Waals surface area contributed by atoms with Gasteiger partial charge in [-0.15, -0.1) is 0 Å². The highest BCUT2D eigenvalue weighted by Gasteiger charge is 2.27. The van der Waals surface area contributed by atoms with Gasteiger partial charge in [0.25, 0.3) is 0 Å². The number of ether oxygens (including phenoxy) is 1. The van der Waals surface area contributed by atoms with Gasteiger partial charge in [0.1, 0.15) is 0 Å². The van der Waals surface area contributed by atoms with Crippen molar-refractivity contribution in [2.24, 2.45) is 5.73 Å². The van der Waals surface area contributed by atoms with E-state index in [0.29, 0.717) is 23.3 Å². The van der Waals surface area contributed by atoms with Crippen LogP contribution in [0.25, 0.3) is 5.57 Å². The molecule has 2 aromatic rings. The average molecular weight is 407 g/mol. The lowest BCUT2D eigenvalue weighted by Crippen LogP contribution is -2.31. The summed E-state index contributed by atoms with van der Waals surface area (Å²) >= 11 is 0. The number of anilines is 1. The van der Waals surface area contributed by atoms with E-state index < -0.39 is 11.8 Å². The Morgan fingerprint density at radius 3 is 2.37 bits per heavy atom. The van der Waals surface area contributed by atoms with Gasteiger partial charge in [-0.05, 0) is 68.0 Å². The highest BCUT2D eigenvalue weighted by Crippen LogP contribution is 2.38. The van der Waals surface area contributed by atoms with Gasteiger partial charge in [0.15, 0.2) is 0 Å². The molecule has 0 spiro atoms. The van der Waals surface area contributed by atoms with E-state index in [-0.39, 0.29) is 5.97 Å². The zero-order valence-corrected chi connectivity index (χ0v) is 17.8. The summed E-state index contributed by atoms with van der Waals surface area (Å²) < 4.78 is 5.04. The Morgan fingerprint density at radius 2 is 1.77 bits per heavy atom. The van der Waals surface area contributed by atoms with Gasteiger partial charge in [0.05, 0.1) is 18.1 Å². The first-order chi connectivity index (χ1) is 14.4. The van der Waals surface area contributed by atoms with Gasteiger partial charge < -0.3 is 15.4 Å². The molecule has 2 N–H and O–H groups in total. The first-order valence-corrected chi connectivity index (χ1v) is 10.5. The predicted octanol–water partition coefficient (Wildman–Crippen LogP) is 4.44. The van der Waals surface area contributed by atoms with Crippen molar-refractivity contribution in [2.75, 3.05) is 24.6 Å². The number of esters is 1. The summed E-state index contributed by atoms with van der Waals surface area (Å²) in [4.78, 5) is 26.8. The number of hydrogen-bond acceptors (Lipinski definition) is 4. The van der Waals surface area contributed by atoms with E-state index in [4.69, 9.17) is 10.5 Å². The molecule has 1 aliphatic heterocycles. The first-order valence-electron chi connectivity index (χ1n) is 10.5. The normalized spacial score (nSPS) is 14.8. The van der Waals surface area contributed by atoms with Crippen LogP contribution < -0.4 is 10.6 Å². The molecule has 1 fully saturated rings. The lowest BCUT2D eigenvalue weighted by Gasteiger charge is -2.32. The van der Waals surface area contributed by atoms with Crippen LogP contribution in [0.5, 0.6) is 0 Å². The number of carbonyl (C=O) groups is 2. The molecule has 0 radical (unpaired) electrons. The SMILES string of the molecule is C=C(c1c(C)cccc1N1CCCCC1)C(C(N)=O)c1ccc(C(=O)OCC)cc1. The zero-order valence-electron chi connectivity index (χ0n) is 17.8. The maximum Gasteiger partial charge on any atom is 0.338 e. The fourth-order valence-corrected chi connectivity index (χ4v) is 4.18. The Balaban J connectivity index is 1.97. The molecule has 1 aliphatic rings. The van der Waals surface area contributed by atoms with Crippen LogP contribution in [0.4, 0.5) is 5.69 Å². The minimum atomic E-state index is -0.675. The van der Waals surface area contributed by atoms with E-state index in [0.717, 1.165) is 42.7 Å². The first kappa shape index (κ1) is 21.6. The van der Waals surface area contributed by atoms with Crippen molar-refractivity contribution >= 4 is 23.1 Å². The summed E-state index contributed by atoms with van der Waals surface area (Å²) in [5.41, 5.74) is 10.8. The predicted molar refractivity (Wildman–Crippen MR) is 121 cm³/mol. The fraction of sp³-hybridized carbons (Fsp3) is 0.360. The van der Waals surface area contributed by atoms with Crippen LogP contribution in [0.3, 0.4) is 0 Å². The molecule has 3 rings (SSSR count). The van der Waals surface area contributed by atoms with Crippen molar-refractivity contribution in [1.29, 1.82) is 0 Å². The topological polar surface area (TPSA) is 72.6 Å². The van der Waals surface area contributed by atoms with Crippen LogP contribution in [-0.2, 0) is 9.53 Å². The highest BCUT2D eigenvalue weighted by molar-refractivity contribution is 5.98. The van der Waals surface area contributed by atoms with E-state index in [1.54, 1.807) is 31.2 Å². The van der Waals surface area contributed by atoms with E-state index in [2.05, 4.69) is 17.5 Å². The van der Waals surface area contributed by atoms with E-state index in [1.165, 1.54) is 6.42 Å². The van der Waals surface area contributed by atoms with Crippen molar-refractivity contribution in [3.8, 4) is 0 Å². The standard InChI is InChI=1S/C25H30N2O3/c1-4-30-25(29)20-13-11-19(12-14-20)23(24(26)28)18(3)22-17(2)9-8-10-21(22)27-15-6-5-7-16-27/h8-14,23H,3-7,15-16H2,1-2H3,(H2,26,28). The summed E-state index contributed by atoms with van der Waals surface area (Å²) in [5, 5.41) is 0. The molecule has 5 nitrogen and oxygen atoms in total. The number of carbonyl (C=O) groups excluding carboxylic acids is 2. The third-order valence-corrected chi connectivity index (χ3v) is 5.66. The second-order valence-corrected chi connectivity index (χ2v) is 7.72. The molecular formula is C25H30N2O3. The third kappa shape index (κ3) is 4.56. The molecule has 30 heavy (non-hydrogen) atoms. The van der Waals surface area contributed by atoms with Gasteiger partial charge in [-0.2, -0.15) is 0 Å². The maximum absolute atomic E-state index is 12.5. The van der Waals surface area contributed by atoms with Crippen LogP contribution in [0.2, 0.25) is 0 Å². The molecule has 1 saturated heterocycles. The zero-order chi connectivity index (χ0) is 21.7. The number of nitrogens with zero attached hydrogens (tertiary/aromatic N) is 1. The molecule has 0 bridgehead atoms. The molecule has 1 heterocycles. The summed E-state index contributed by atoms with van der Waals surface area (Å²) in [6.07, 6.45) is 3.57. The van der Waals surface area contributed by atoms with Gasteiger partial charge in [0.2, 0.25) is 5.91 Å². The van der Waals surface area contributed by atoms with Crippen LogP contribution in [0.1, 0.15) is 59.2 Å². The lowest BCUT2D eigenvalue weighted by molar-refractivity contribution is -0.118. The number of benzene rings is 2. The van der Waals surface area contributed by atoms with Crippen LogP contribution >= 0.6 is 0 Å². The Morgan fingerprint density at radius 1 is 1.10 bits per heavy atom. The quantitative estimate of drug-likeness (QED) is 0.690. The van der Waals surface area contributed by atoms with Crippen molar-refractivity contribution in [3.63, 3.8) is 0 Å². The number of hydrogen-bond donors (Lipinski definition) is 1. The van der Waals surface area contributed by atoms with Crippen LogP contribution in [0, 0.1) is 6.92 Å². The van der Waals surface area contributed by atoms with E-state index >= 15 is 0 Å². The number of primary amides is 1. The second-order valence-electron chi connectivity index (χ2n) is 7.72. The molecule has 0 aromatic heterocycles. The van der Waals surface area contributed by atoms with Crippen molar-refractivity contribution < 1.29 is 14.3 Å². The highest BCUT2D eigenvalue weighted by atomic mass is 16.5. The number of piperidine rings is 1. The number of nitrogens with two attached hydrogens (primary N) is 1. The molecule has 158 valence electrons. The van der Waals surface area contributed by atoms with Gasteiger partial charge >= 0.3 is 5.97 Å². The fourth-order valence-electron chi connectivity index (χ4n) is 4.18. The Labute approximate surface area is 178 Å². The summed E-state index contributed by atoms with van der Waals surface area (Å²) in [7, 11) is 0. The molecule has 2 aromatic carbocycles. The van der Waals surface area contributed by atoms with Crippen molar-refractivity contribution in [3.05, 3.63) is 71.3 Å². The lowest BCUT2D eigenvalue weighted by atomic mass is 9.84. The molecule has 1 amide bonds. The van der Waals surface area contributed by atoms with Crippen LogP contribution in [-0.4, -0.2) is 31.6 Å². The largest absolute Gasteiger partial charge is 0.462 e. The van der Waals surface area contributed by atoms with Crippen molar-refractivity contribution in [2.45, 2.75) is 39.0 Å². The summed E-state index contributed by atoms with van der Waals surface area (Å²) in [6.45, 7) is 10.4. The Bertz CT molecular complexity index is 928. The van der Waals surface area contributed by atoms with Gasteiger partial charge in [-0.3, -0.25) is 4.79 Å². The van der Waals surface area contributed by atoms with Gasteiger partial charge in [0, 0.05) is 24.3 Å². The summed E-state index contributed by atoms with van der Waals surface area (Å²) in [5.74, 6) is -1.52. The minimum Gasteiger partial charge on any atom is -0.462 e. The maximum atomic E-state index is 12.5. The molecule has 1 atom stereocenters. The Hall–Kier alpha value is -3.08. The number of aryl methyl sites for hydroxylation is 1. The van der Waals surface area contributed by atoms with E-state index in [9.17, 15) is 9.59 Å². The monoisotopic (exact) mass is 406 g/mol. The third-order valence-electron chi connectivity index (χ3n) is 5.66. The minimum absolute atomic E-state index is 0.313. The van der Waals surface area contributed by atoms with E-state index in [1.807, 2.05) is 19.1 Å². The number of rotatable bonds is 7. The molecule has 0 saturated carbocycles.